The van der Waals surface area contributed by atoms with Gasteiger partial charge in [0.2, 0.25) is 0 Å². The Labute approximate surface area is 168 Å². The van der Waals surface area contributed by atoms with E-state index in [0.717, 1.165) is 27.9 Å². The lowest BCUT2D eigenvalue weighted by atomic mass is 10.1. The summed E-state index contributed by atoms with van der Waals surface area (Å²) in [5.74, 6) is -0.194. The zero-order valence-electron chi connectivity index (χ0n) is 15.9. The number of furan rings is 1. The molecule has 0 atom stereocenters. The molecule has 0 unspecified atom stereocenters. The lowest BCUT2D eigenvalue weighted by Crippen LogP contribution is -2.16. The summed E-state index contributed by atoms with van der Waals surface area (Å²) in [5.41, 5.74) is 7.40. The minimum absolute atomic E-state index is 0.209. The highest BCUT2D eigenvalue weighted by molar-refractivity contribution is 5.93. The Kier molecular flexibility index (Phi) is 5.33. The fraction of sp³-hybridized carbons (Fsp3) is 0.0870. The van der Waals surface area contributed by atoms with Crippen molar-refractivity contribution in [2.75, 3.05) is 0 Å². The fourth-order valence-electron chi connectivity index (χ4n) is 3.02. The molecule has 2 aromatic heterocycles. The monoisotopic (exact) mass is 384 g/mol. The summed E-state index contributed by atoms with van der Waals surface area (Å²) in [6.45, 7) is 2.69. The number of benzene rings is 2. The number of rotatable bonds is 6. The van der Waals surface area contributed by atoms with E-state index in [2.05, 4.69) is 28.7 Å². The maximum absolute atomic E-state index is 12.0. The van der Waals surface area contributed by atoms with Crippen molar-refractivity contribution < 1.29 is 9.21 Å². The van der Waals surface area contributed by atoms with Gasteiger partial charge in [0, 0.05) is 17.3 Å². The largest absolute Gasteiger partial charge is 0.459 e. The average molecular weight is 384 g/mol. The average Bonchev–Trinajstić information content (AvgIpc) is 3.39. The molecular formula is C23H20N4O2. The molecule has 0 saturated heterocycles. The zero-order chi connectivity index (χ0) is 20.1. The van der Waals surface area contributed by atoms with Gasteiger partial charge in [0.15, 0.2) is 5.76 Å². The third kappa shape index (κ3) is 4.50. The topological polar surface area (TPSA) is 72.4 Å². The number of carbonyl (C=O) groups is 1. The van der Waals surface area contributed by atoms with Gasteiger partial charge in [-0.2, -0.15) is 10.2 Å². The van der Waals surface area contributed by atoms with Crippen LogP contribution in [0.5, 0.6) is 0 Å². The number of carbonyl (C=O) groups excluding carboxylic acids is 1. The summed E-state index contributed by atoms with van der Waals surface area (Å²) < 4.78 is 6.95. The summed E-state index contributed by atoms with van der Waals surface area (Å²) >= 11 is 0. The van der Waals surface area contributed by atoms with Crippen LogP contribution in [0.3, 0.4) is 0 Å². The van der Waals surface area contributed by atoms with Crippen LogP contribution in [0.1, 0.15) is 27.2 Å². The van der Waals surface area contributed by atoms with E-state index in [0.29, 0.717) is 6.54 Å². The highest BCUT2D eigenvalue weighted by Gasteiger charge is 2.11. The highest BCUT2D eigenvalue weighted by Crippen LogP contribution is 2.22. The first kappa shape index (κ1) is 18.4. The number of nitrogens with one attached hydrogen (secondary N) is 1. The van der Waals surface area contributed by atoms with E-state index in [9.17, 15) is 4.79 Å². The third-order valence-electron chi connectivity index (χ3n) is 4.38. The summed E-state index contributed by atoms with van der Waals surface area (Å²) in [6.07, 6.45) is 4.97. The standard InChI is InChI=1S/C23H20N4O2/c1-17-7-5-10-19(13-17)22-20(14-24-25-23(28)21-11-6-12-29-21)16-27(26-22)15-18-8-3-2-4-9-18/h2-14,16H,15H2,1H3,(H,25,28)/b24-14-. The van der Waals surface area contributed by atoms with Crippen LogP contribution in [-0.2, 0) is 6.54 Å². The van der Waals surface area contributed by atoms with Crippen molar-refractivity contribution in [3.05, 3.63) is 102 Å². The second kappa shape index (κ2) is 8.39. The van der Waals surface area contributed by atoms with Gasteiger partial charge in [-0.15, -0.1) is 0 Å². The Morgan fingerprint density at radius 2 is 2.00 bits per heavy atom. The maximum Gasteiger partial charge on any atom is 0.307 e. The van der Waals surface area contributed by atoms with Gasteiger partial charge in [0.25, 0.3) is 0 Å². The molecule has 2 heterocycles. The van der Waals surface area contributed by atoms with Crippen LogP contribution in [0.15, 0.2) is 88.7 Å². The number of hydrogen-bond donors (Lipinski definition) is 1. The summed E-state index contributed by atoms with van der Waals surface area (Å²) in [7, 11) is 0. The summed E-state index contributed by atoms with van der Waals surface area (Å²) in [4.78, 5) is 12.0. The van der Waals surface area contributed by atoms with Gasteiger partial charge < -0.3 is 4.42 Å². The number of nitrogens with zero attached hydrogens (tertiary/aromatic N) is 3. The van der Waals surface area contributed by atoms with Crippen LogP contribution in [0.2, 0.25) is 0 Å². The number of amides is 1. The van der Waals surface area contributed by atoms with E-state index in [-0.39, 0.29) is 5.76 Å². The van der Waals surface area contributed by atoms with E-state index in [1.807, 2.05) is 54.2 Å². The van der Waals surface area contributed by atoms with Crippen LogP contribution < -0.4 is 5.43 Å². The molecule has 6 nitrogen and oxygen atoms in total. The second-order valence-corrected chi connectivity index (χ2v) is 6.66. The molecule has 6 heteroatoms. The van der Waals surface area contributed by atoms with E-state index in [1.54, 1.807) is 18.3 Å². The van der Waals surface area contributed by atoms with Crippen LogP contribution in [0.25, 0.3) is 11.3 Å². The Bertz CT molecular complexity index is 1130. The van der Waals surface area contributed by atoms with Gasteiger partial charge in [-0.25, -0.2) is 5.43 Å². The van der Waals surface area contributed by atoms with E-state index < -0.39 is 5.91 Å². The minimum Gasteiger partial charge on any atom is -0.459 e. The molecule has 0 spiro atoms. The molecule has 0 saturated carbocycles. The Morgan fingerprint density at radius 3 is 2.76 bits per heavy atom. The molecule has 0 aliphatic heterocycles. The minimum atomic E-state index is -0.403. The van der Waals surface area contributed by atoms with E-state index >= 15 is 0 Å². The van der Waals surface area contributed by atoms with Crippen molar-refractivity contribution in [2.45, 2.75) is 13.5 Å². The molecule has 1 amide bonds. The van der Waals surface area contributed by atoms with Crippen LogP contribution in [-0.4, -0.2) is 21.9 Å². The first-order valence-electron chi connectivity index (χ1n) is 9.24. The SMILES string of the molecule is Cc1cccc(-c2nn(Cc3ccccc3)cc2/C=N\NC(=O)c2ccco2)c1. The van der Waals surface area contributed by atoms with Gasteiger partial charge in [-0.1, -0.05) is 54.1 Å². The molecule has 4 rings (SSSR count). The molecule has 1 N–H and O–H groups in total. The lowest BCUT2D eigenvalue weighted by Gasteiger charge is -2.02. The Hall–Kier alpha value is -3.93. The molecule has 0 radical (unpaired) electrons. The molecule has 0 aliphatic carbocycles. The summed E-state index contributed by atoms with van der Waals surface area (Å²) in [5, 5.41) is 8.85. The molecule has 0 fully saturated rings. The maximum atomic E-state index is 12.0. The van der Waals surface area contributed by atoms with Crippen molar-refractivity contribution in [2.24, 2.45) is 5.10 Å². The second-order valence-electron chi connectivity index (χ2n) is 6.66. The number of hydrogen-bond acceptors (Lipinski definition) is 4. The first-order chi connectivity index (χ1) is 14.2. The molecule has 144 valence electrons. The van der Waals surface area contributed by atoms with Gasteiger partial charge in [0.1, 0.15) is 5.69 Å². The predicted octanol–water partition coefficient (Wildman–Crippen LogP) is 4.26. The van der Waals surface area contributed by atoms with Crippen LogP contribution in [0, 0.1) is 6.92 Å². The molecule has 4 aromatic rings. The number of aromatic nitrogens is 2. The van der Waals surface area contributed by atoms with Gasteiger partial charge >= 0.3 is 5.91 Å². The van der Waals surface area contributed by atoms with E-state index in [4.69, 9.17) is 9.52 Å². The quantitative estimate of drug-likeness (QED) is 0.399. The van der Waals surface area contributed by atoms with Gasteiger partial charge in [-0.05, 0) is 30.7 Å². The van der Waals surface area contributed by atoms with Crippen molar-refractivity contribution in [1.82, 2.24) is 15.2 Å². The van der Waals surface area contributed by atoms with E-state index in [1.165, 1.54) is 6.26 Å². The van der Waals surface area contributed by atoms with Gasteiger partial charge in [0.05, 0.1) is 19.0 Å². The van der Waals surface area contributed by atoms with Crippen molar-refractivity contribution >= 4 is 12.1 Å². The normalized spacial score (nSPS) is 11.1. The highest BCUT2D eigenvalue weighted by atomic mass is 16.3. The number of aryl methyl sites for hydroxylation is 1. The Balaban J connectivity index is 1.61. The molecule has 0 bridgehead atoms. The molecule has 29 heavy (non-hydrogen) atoms. The number of hydrazone groups is 1. The van der Waals surface area contributed by atoms with Crippen molar-refractivity contribution in [3.8, 4) is 11.3 Å². The molecular weight excluding hydrogens is 364 g/mol. The lowest BCUT2D eigenvalue weighted by molar-refractivity contribution is 0.0927. The van der Waals surface area contributed by atoms with Crippen LogP contribution >= 0.6 is 0 Å². The first-order valence-corrected chi connectivity index (χ1v) is 9.24. The smallest absolute Gasteiger partial charge is 0.307 e. The third-order valence-corrected chi connectivity index (χ3v) is 4.38. The predicted molar refractivity (Wildman–Crippen MR) is 112 cm³/mol. The fourth-order valence-corrected chi connectivity index (χ4v) is 3.02. The molecule has 0 aliphatic rings. The Morgan fingerprint density at radius 1 is 1.14 bits per heavy atom. The zero-order valence-corrected chi connectivity index (χ0v) is 15.9. The van der Waals surface area contributed by atoms with Crippen LogP contribution in [0.4, 0.5) is 0 Å². The molecule has 2 aromatic carbocycles. The van der Waals surface area contributed by atoms with Crippen molar-refractivity contribution in [3.63, 3.8) is 0 Å². The van der Waals surface area contributed by atoms with Crippen molar-refractivity contribution in [1.29, 1.82) is 0 Å². The van der Waals surface area contributed by atoms with Gasteiger partial charge in [-0.3, -0.25) is 9.48 Å². The summed E-state index contributed by atoms with van der Waals surface area (Å²) in [6, 6.07) is 21.5.